The first-order valence-electron chi connectivity index (χ1n) is 4.28. The van der Waals surface area contributed by atoms with Gasteiger partial charge < -0.3 is 16.2 Å². The van der Waals surface area contributed by atoms with Crippen LogP contribution in [0.2, 0.25) is 0 Å². The molecule has 4 nitrogen and oxygen atoms in total. The first-order valence-corrected chi connectivity index (χ1v) is 4.28. The molecule has 0 unspecified atom stereocenters. The van der Waals surface area contributed by atoms with Crippen LogP contribution in [0, 0.1) is 0 Å². The lowest BCUT2D eigenvalue weighted by Gasteiger charge is -2.15. The summed E-state index contributed by atoms with van der Waals surface area (Å²) < 4.78 is 64.3. The molecule has 4 N–H and O–H groups in total. The molecule has 1 rings (SSSR count). The van der Waals surface area contributed by atoms with Gasteiger partial charge in [-0.05, 0) is 6.07 Å². The van der Waals surface area contributed by atoms with Gasteiger partial charge in [-0.25, -0.2) is 13.8 Å². The van der Waals surface area contributed by atoms with Crippen LogP contribution in [0.4, 0.5) is 27.6 Å². The number of halogens is 5. The third kappa shape index (κ3) is 3.41. The van der Waals surface area contributed by atoms with E-state index in [0.717, 1.165) is 6.07 Å². The van der Waals surface area contributed by atoms with E-state index < -0.39 is 29.9 Å². The van der Waals surface area contributed by atoms with E-state index >= 15 is 0 Å². The van der Waals surface area contributed by atoms with Gasteiger partial charge in [-0.15, -0.1) is 13.2 Å². The highest BCUT2D eigenvalue weighted by Gasteiger charge is 2.35. The van der Waals surface area contributed by atoms with E-state index in [4.69, 9.17) is 11.5 Å². The number of pyridine rings is 1. The first-order chi connectivity index (χ1) is 7.74. The van der Waals surface area contributed by atoms with Crippen molar-refractivity contribution in [2.24, 2.45) is 5.73 Å². The number of anilines is 1. The molecule has 0 atom stereocenters. The van der Waals surface area contributed by atoms with Crippen molar-refractivity contribution in [1.82, 2.24) is 4.98 Å². The van der Waals surface area contributed by atoms with E-state index in [1.54, 1.807) is 0 Å². The number of aromatic nitrogens is 1. The van der Waals surface area contributed by atoms with Gasteiger partial charge >= 0.3 is 6.36 Å². The summed E-state index contributed by atoms with van der Waals surface area (Å²) in [6, 6.07) is 0.951. The van der Waals surface area contributed by atoms with E-state index in [1.165, 1.54) is 0 Å². The molecule has 0 aromatic carbocycles. The van der Waals surface area contributed by atoms with Gasteiger partial charge in [0.05, 0.1) is 11.4 Å². The van der Waals surface area contributed by atoms with Crippen molar-refractivity contribution in [3.05, 3.63) is 17.5 Å². The van der Waals surface area contributed by atoms with Gasteiger partial charge in [0.25, 0.3) is 6.43 Å². The van der Waals surface area contributed by atoms with Gasteiger partial charge in [-0.3, -0.25) is 0 Å². The SMILES string of the molecule is NCc1cc(N)c(OC(F)(F)F)c(C(F)F)n1. The zero-order chi connectivity index (χ0) is 13.2. The van der Waals surface area contributed by atoms with E-state index in [1.807, 2.05) is 0 Å². The molecule has 0 fully saturated rings. The minimum atomic E-state index is -5.12. The Morgan fingerprint density at radius 1 is 1.35 bits per heavy atom. The van der Waals surface area contributed by atoms with Gasteiger partial charge in [0.2, 0.25) is 0 Å². The van der Waals surface area contributed by atoms with Crippen LogP contribution >= 0.6 is 0 Å². The van der Waals surface area contributed by atoms with Crippen LogP contribution in [0.5, 0.6) is 5.75 Å². The molecule has 96 valence electrons. The maximum Gasteiger partial charge on any atom is 0.573 e. The van der Waals surface area contributed by atoms with Crippen LogP contribution in [0.1, 0.15) is 17.8 Å². The van der Waals surface area contributed by atoms with Crippen molar-refractivity contribution >= 4 is 5.69 Å². The highest BCUT2D eigenvalue weighted by atomic mass is 19.4. The van der Waals surface area contributed by atoms with E-state index in [2.05, 4.69) is 9.72 Å². The Morgan fingerprint density at radius 2 is 1.94 bits per heavy atom. The predicted molar refractivity (Wildman–Crippen MR) is 48.2 cm³/mol. The van der Waals surface area contributed by atoms with Crippen molar-refractivity contribution in [1.29, 1.82) is 0 Å². The Morgan fingerprint density at radius 3 is 2.35 bits per heavy atom. The molecule has 0 spiro atoms. The predicted octanol–water partition coefficient (Wildman–Crippen LogP) is 1.96. The minimum absolute atomic E-state index is 0.0488. The Labute approximate surface area is 92.4 Å². The quantitative estimate of drug-likeness (QED) is 0.812. The normalized spacial score (nSPS) is 11.9. The van der Waals surface area contributed by atoms with Gasteiger partial charge in [0, 0.05) is 6.54 Å². The molecule has 1 aromatic rings. The molecule has 9 heteroatoms. The monoisotopic (exact) mass is 257 g/mol. The smallest absolute Gasteiger partial charge is 0.401 e. The fourth-order valence-corrected chi connectivity index (χ4v) is 1.11. The van der Waals surface area contributed by atoms with E-state index in [-0.39, 0.29) is 12.2 Å². The van der Waals surface area contributed by atoms with Gasteiger partial charge in [0.15, 0.2) is 11.4 Å². The molecule has 0 radical (unpaired) electrons. The maximum absolute atomic E-state index is 12.5. The number of hydrogen-bond donors (Lipinski definition) is 2. The molecule has 0 saturated heterocycles. The first kappa shape index (κ1) is 13.4. The average Bonchev–Trinajstić information content (AvgIpc) is 2.18. The summed E-state index contributed by atoms with van der Waals surface area (Å²) in [5, 5.41) is 0. The lowest BCUT2D eigenvalue weighted by atomic mass is 10.2. The standard InChI is InChI=1S/C8H8F5N3O/c9-7(10)5-6(17-8(11,12)13)4(15)1-3(2-14)16-5/h1,7H,2,14H2,(H2,15,16). The zero-order valence-corrected chi connectivity index (χ0v) is 8.26. The summed E-state index contributed by atoms with van der Waals surface area (Å²) in [6.45, 7) is -0.226. The number of alkyl halides is 5. The van der Waals surface area contributed by atoms with Crippen LogP contribution in [0.3, 0.4) is 0 Å². The van der Waals surface area contributed by atoms with Gasteiger partial charge in [-0.1, -0.05) is 0 Å². The summed E-state index contributed by atoms with van der Waals surface area (Å²) in [5.41, 5.74) is 8.51. The molecule has 0 aliphatic rings. The number of nitrogens with zero attached hydrogens (tertiary/aromatic N) is 1. The van der Waals surface area contributed by atoms with Crippen LogP contribution in [-0.2, 0) is 6.54 Å². The van der Waals surface area contributed by atoms with Crippen molar-refractivity contribution < 1.29 is 26.7 Å². The van der Waals surface area contributed by atoms with Crippen molar-refractivity contribution in [3.8, 4) is 5.75 Å². The second-order valence-corrected chi connectivity index (χ2v) is 2.97. The molecule has 0 saturated carbocycles. The van der Waals surface area contributed by atoms with Crippen LogP contribution < -0.4 is 16.2 Å². The fraction of sp³-hybridized carbons (Fsp3) is 0.375. The number of rotatable bonds is 3. The Hall–Kier alpha value is -1.64. The lowest BCUT2D eigenvalue weighted by molar-refractivity contribution is -0.275. The number of ether oxygens (including phenoxy) is 1. The Kier molecular flexibility index (Phi) is 3.71. The topological polar surface area (TPSA) is 74.2 Å². The van der Waals surface area contributed by atoms with E-state index in [9.17, 15) is 22.0 Å². The van der Waals surface area contributed by atoms with Crippen molar-refractivity contribution in [2.75, 3.05) is 5.73 Å². The van der Waals surface area contributed by atoms with Crippen LogP contribution in [0.25, 0.3) is 0 Å². The molecular formula is C8H8F5N3O. The molecule has 0 aliphatic carbocycles. The summed E-state index contributed by atoms with van der Waals surface area (Å²) in [5.74, 6) is -1.19. The molecule has 0 amide bonds. The Balaban J connectivity index is 3.27. The zero-order valence-electron chi connectivity index (χ0n) is 8.26. The molecule has 1 heterocycles. The second-order valence-electron chi connectivity index (χ2n) is 2.97. The third-order valence-corrected chi connectivity index (χ3v) is 1.71. The Bertz CT molecular complexity index is 407. The highest BCUT2D eigenvalue weighted by Crippen LogP contribution is 2.36. The van der Waals surface area contributed by atoms with Gasteiger partial charge in [-0.2, -0.15) is 0 Å². The molecular weight excluding hydrogens is 249 g/mol. The minimum Gasteiger partial charge on any atom is -0.401 e. The van der Waals surface area contributed by atoms with E-state index in [0.29, 0.717) is 0 Å². The van der Waals surface area contributed by atoms with Crippen LogP contribution in [-0.4, -0.2) is 11.3 Å². The fourth-order valence-electron chi connectivity index (χ4n) is 1.11. The van der Waals surface area contributed by atoms with Crippen molar-refractivity contribution in [2.45, 2.75) is 19.3 Å². The lowest BCUT2D eigenvalue weighted by Crippen LogP contribution is -2.20. The maximum atomic E-state index is 12.5. The largest absolute Gasteiger partial charge is 0.573 e. The molecule has 0 bridgehead atoms. The molecule has 17 heavy (non-hydrogen) atoms. The summed E-state index contributed by atoms with van der Waals surface area (Å²) >= 11 is 0. The van der Waals surface area contributed by atoms with Gasteiger partial charge in [0.1, 0.15) is 0 Å². The molecule has 1 aromatic heterocycles. The molecule has 0 aliphatic heterocycles. The number of nitrogens with two attached hydrogens (primary N) is 2. The number of hydrogen-bond acceptors (Lipinski definition) is 4. The second kappa shape index (κ2) is 4.70. The average molecular weight is 257 g/mol. The summed E-state index contributed by atoms with van der Waals surface area (Å²) in [6.07, 6.45) is -8.37. The van der Waals surface area contributed by atoms with Crippen LogP contribution in [0.15, 0.2) is 6.07 Å². The third-order valence-electron chi connectivity index (χ3n) is 1.71. The summed E-state index contributed by atoms with van der Waals surface area (Å²) in [4.78, 5) is 3.26. The van der Waals surface area contributed by atoms with Crippen molar-refractivity contribution in [3.63, 3.8) is 0 Å². The number of nitrogen functional groups attached to an aromatic ring is 1. The highest BCUT2D eigenvalue weighted by molar-refractivity contribution is 5.56. The summed E-state index contributed by atoms with van der Waals surface area (Å²) in [7, 11) is 0.